The summed E-state index contributed by atoms with van der Waals surface area (Å²) in [5.41, 5.74) is 0.997. The highest BCUT2D eigenvalue weighted by Crippen LogP contribution is 2.33. The summed E-state index contributed by atoms with van der Waals surface area (Å²) in [7, 11) is 0. The fourth-order valence-electron chi connectivity index (χ4n) is 2.15. The average Bonchev–Trinajstić information content (AvgIpc) is 2.30. The monoisotopic (exact) mass is 218 g/mol. The normalized spacial score (nSPS) is 19.6. The molecule has 16 heavy (non-hydrogen) atoms. The first-order valence-electron chi connectivity index (χ1n) is 5.74. The number of hydrogen-bond acceptors (Lipinski definition) is 2. The van der Waals surface area contributed by atoms with Crippen molar-refractivity contribution in [3.05, 3.63) is 47.2 Å². The van der Waals surface area contributed by atoms with Crippen LogP contribution in [-0.4, -0.2) is 11.7 Å². The van der Waals surface area contributed by atoms with Crippen LogP contribution in [0.5, 0.6) is 0 Å². The lowest BCUT2D eigenvalue weighted by Crippen LogP contribution is -2.28. The molecule has 1 aliphatic rings. The van der Waals surface area contributed by atoms with E-state index in [1.807, 2.05) is 37.3 Å². The van der Waals surface area contributed by atoms with Crippen molar-refractivity contribution in [3.63, 3.8) is 0 Å². The van der Waals surface area contributed by atoms with Gasteiger partial charge in [0.2, 0.25) is 0 Å². The lowest BCUT2D eigenvalue weighted by atomic mass is 9.89. The maximum absolute atomic E-state index is 10.6. The van der Waals surface area contributed by atoms with Gasteiger partial charge >= 0.3 is 0 Å². The summed E-state index contributed by atoms with van der Waals surface area (Å²) in [4.78, 5) is 0. The van der Waals surface area contributed by atoms with Crippen LogP contribution in [0.3, 0.4) is 0 Å². The minimum Gasteiger partial charge on any atom is -0.495 e. The molecule has 1 atom stereocenters. The zero-order valence-electron chi connectivity index (χ0n) is 9.86. The second-order valence-electron chi connectivity index (χ2n) is 4.45. The van der Waals surface area contributed by atoms with E-state index >= 15 is 0 Å². The lowest BCUT2D eigenvalue weighted by molar-refractivity contribution is 0.0146. The van der Waals surface area contributed by atoms with Crippen LogP contribution >= 0.6 is 0 Å². The van der Waals surface area contributed by atoms with Gasteiger partial charge in [0.25, 0.3) is 0 Å². The summed E-state index contributed by atoms with van der Waals surface area (Å²) < 4.78 is 5.56. The van der Waals surface area contributed by atoms with Gasteiger partial charge in [-0.05, 0) is 43.9 Å². The number of aliphatic hydroxyl groups is 1. The van der Waals surface area contributed by atoms with Crippen LogP contribution in [0.1, 0.15) is 30.9 Å². The number of aryl methyl sites for hydroxylation is 1. The standard InChI is InChI=1S/C14H18O2/c1-11-7-3-4-8-12(11)14(2,15)13-9-5-6-10-16-13/h3-4,7-9,15H,5-6,10H2,1-2H3. The van der Waals surface area contributed by atoms with Crippen LogP contribution in [0, 0.1) is 6.92 Å². The van der Waals surface area contributed by atoms with Gasteiger partial charge in [-0.2, -0.15) is 0 Å². The molecule has 0 aromatic heterocycles. The Morgan fingerprint density at radius 3 is 2.69 bits per heavy atom. The van der Waals surface area contributed by atoms with Crippen LogP contribution in [0.15, 0.2) is 36.1 Å². The Balaban J connectivity index is 2.38. The quantitative estimate of drug-likeness (QED) is 0.827. The van der Waals surface area contributed by atoms with E-state index in [1.54, 1.807) is 6.92 Å². The van der Waals surface area contributed by atoms with Crippen LogP contribution in [0.2, 0.25) is 0 Å². The number of hydrogen-bond donors (Lipinski definition) is 1. The Bertz CT molecular complexity index is 405. The van der Waals surface area contributed by atoms with Gasteiger partial charge in [-0.25, -0.2) is 0 Å². The van der Waals surface area contributed by atoms with E-state index < -0.39 is 5.60 Å². The molecule has 2 nitrogen and oxygen atoms in total. The second-order valence-corrected chi connectivity index (χ2v) is 4.45. The van der Waals surface area contributed by atoms with Crippen molar-refractivity contribution in [3.8, 4) is 0 Å². The van der Waals surface area contributed by atoms with Crippen LogP contribution < -0.4 is 0 Å². The third-order valence-electron chi connectivity index (χ3n) is 3.09. The topological polar surface area (TPSA) is 29.5 Å². The Labute approximate surface area is 96.6 Å². The summed E-state index contributed by atoms with van der Waals surface area (Å²) in [5.74, 6) is 0.688. The molecule has 1 aromatic rings. The van der Waals surface area contributed by atoms with Gasteiger partial charge < -0.3 is 9.84 Å². The number of rotatable bonds is 2. The number of allylic oxidation sites excluding steroid dienone is 1. The summed E-state index contributed by atoms with van der Waals surface area (Å²) in [6.45, 7) is 4.51. The molecule has 0 fully saturated rings. The highest BCUT2D eigenvalue weighted by atomic mass is 16.5. The summed E-state index contributed by atoms with van der Waals surface area (Å²) in [6.07, 6.45) is 4.01. The molecule has 0 spiro atoms. The van der Waals surface area contributed by atoms with Gasteiger partial charge in [-0.15, -0.1) is 0 Å². The average molecular weight is 218 g/mol. The minimum atomic E-state index is -1.01. The predicted octanol–water partition coefficient (Wildman–Crippen LogP) is 2.90. The summed E-state index contributed by atoms with van der Waals surface area (Å²) in [6, 6.07) is 7.88. The Hall–Kier alpha value is -1.28. The molecule has 1 heterocycles. The Morgan fingerprint density at radius 1 is 1.31 bits per heavy atom. The first-order valence-corrected chi connectivity index (χ1v) is 5.74. The van der Waals surface area contributed by atoms with Gasteiger partial charge in [0.05, 0.1) is 6.61 Å². The molecule has 0 saturated carbocycles. The van der Waals surface area contributed by atoms with E-state index in [2.05, 4.69) is 0 Å². The van der Waals surface area contributed by atoms with Crippen molar-refractivity contribution >= 4 is 0 Å². The molecule has 0 amide bonds. The first kappa shape index (κ1) is 11.2. The maximum atomic E-state index is 10.6. The fraction of sp³-hybridized carbons (Fsp3) is 0.429. The van der Waals surface area contributed by atoms with Crippen molar-refractivity contribution in [2.75, 3.05) is 6.61 Å². The number of benzene rings is 1. The van der Waals surface area contributed by atoms with Crippen molar-refractivity contribution in [2.45, 2.75) is 32.3 Å². The largest absolute Gasteiger partial charge is 0.495 e. The van der Waals surface area contributed by atoms with Crippen LogP contribution in [-0.2, 0) is 10.3 Å². The number of ether oxygens (including phenoxy) is 1. The molecule has 2 rings (SSSR count). The zero-order chi connectivity index (χ0) is 11.6. The van der Waals surface area contributed by atoms with E-state index in [9.17, 15) is 5.11 Å². The van der Waals surface area contributed by atoms with E-state index in [0.717, 1.165) is 24.0 Å². The molecular formula is C14H18O2. The molecule has 0 radical (unpaired) electrons. The van der Waals surface area contributed by atoms with Crippen molar-refractivity contribution < 1.29 is 9.84 Å². The molecule has 1 aromatic carbocycles. The van der Waals surface area contributed by atoms with E-state index in [-0.39, 0.29) is 0 Å². The molecule has 1 aliphatic heterocycles. The van der Waals surface area contributed by atoms with Crippen molar-refractivity contribution in [1.82, 2.24) is 0 Å². The Kier molecular flexibility index (Phi) is 3.01. The molecule has 86 valence electrons. The smallest absolute Gasteiger partial charge is 0.143 e. The molecule has 0 aliphatic carbocycles. The molecular weight excluding hydrogens is 200 g/mol. The highest BCUT2D eigenvalue weighted by Gasteiger charge is 2.31. The van der Waals surface area contributed by atoms with Gasteiger partial charge in [0.15, 0.2) is 0 Å². The lowest BCUT2D eigenvalue weighted by Gasteiger charge is -2.30. The second kappa shape index (κ2) is 4.30. The van der Waals surface area contributed by atoms with Gasteiger partial charge in [0.1, 0.15) is 11.4 Å². The highest BCUT2D eigenvalue weighted by molar-refractivity contribution is 5.36. The van der Waals surface area contributed by atoms with E-state index in [1.165, 1.54) is 0 Å². The summed E-state index contributed by atoms with van der Waals surface area (Å²) in [5, 5.41) is 10.6. The van der Waals surface area contributed by atoms with E-state index in [0.29, 0.717) is 12.4 Å². The molecule has 1 N–H and O–H groups in total. The minimum absolute atomic E-state index is 0.688. The predicted molar refractivity (Wildman–Crippen MR) is 64.0 cm³/mol. The third-order valence-corrected chi connectivity index (χ3v) is 3.09. The first-order chi connectivity index (χ1) is 7.62. The van der Waals surface area contributed by atoms with Gasteiger partial charge in [0, 0.05) is 0 Å². The fourth-order valence-corrected chi connectivity index (χ4v) is 2.15. The SMILES string of the molecule is Cc1ccccc1C(C)(O)C1=CCCCO1. The molecule has 1 unspecified atom stereocenters. The summed E-state index contributed by atoms with van der Waals surface area (Å²) >= 11 is 0. The van der Waals surface area contributed by atoms with Gasteiger partial charge in [-0.1, -0.05) is 24.3 Å². The van der Waals surface area contributed by atoms with Crippen LogP contribution in [0.25, 0.3) is 0 Å². The Morgan fingerprint density at radius 2 is 2.06 bits per heavy atom. The van der Waals surface area contributed by atoms with Crippen molar-refractivity contribution in [1.29, 1.82) is 0 Å². The van der Waals surface area contributed by atoms with Gasteiger partial charge in [-0.3, -0.25) is 0 Å². The third kappa shape index (κ3) is 1.98. The van der Waals surface area contributed by atoms with E-state index in [4.69, 9.17) is 4.74 Å². The zero-order valence-corrected chi connectivity index (χ0v) is 9.86. The van der Waals surface area contributed by atoms with Crippen LogP contribution in [0.4, 0.5) is 0 Å². The molecule has 0 saturated heterocycles. The van der Waals surface area contributed by atoms with Crippen molar-refractivity contribution in [2.24, 2.45) is 0 Å². The maximum Gasteiger partial charge on any atom is 0.143 e. The molecule has 2 heteroatoms. The molecule has 0 bridgehead atoms.